The number of rotatable bonds is 0. The fourth-order valence-electron chi connectivity index (χ4n) is 1.61. The van der Waals surface area contributed by atoms with E-state index in [0.717, 1.165) is 17.2 Å². The number of aromatic nitrogens is 4. The normalized spacial score (nSPS) is 12.4. The van der Waals surface area contributed by atoms with Crippen LogP contribution in [0.3, 0.4) is 0 Å². The topological polar surface area (TPSA) is 52.8 Å². The molecule has 0 bridgehead atoms. The fraction of sp³-hybridized carbons (Fsp3) is 0.125. The Balaban J connectivity index is 2.32. The van der Waals surface area contributed by atoms with E-state index in [0.29, 0.717) is 13.4 Å². The van der Waals surface area contributed by atoms with Crippen molar-refractivity contribution in [2.24, 2.45) is 0 Å². The molecular weight excluding hydrogens is 179 g/mol. The molecule has 0 N–H and O–H groups in total. The maximum Gasteiger partial charge on any atom is 0.416 e. The van der Waals surface area contributed by atoms with Gasteiger partial charge in [0, 0.05) is 6.20 Å². The molecule has 0 saturated heterocycles. The van der Waals surface area contributed by atoms with E-state index in [2.05, 4.69) is 15.2 Å². The summed E-state index contributed by atoms with van der Waals surface area (Å²) in [5.41, 5.74) is 1.74. The van der Waals surface area contributed by atoms with Crippen LogP contribution in [0.1, 0.15) is 5.82 Å². The Labute approximate surface area is 81.0 Å². The summed E-state index contributed by atoms with van der Waals surface area (Å²) in [5, 5.41) is 8.02. The van der Waals surface area contributed by atoms with Gasteiger partial charge < -0.3 is 4.65 Å². The maximum atomic E-state index is 5.43. The van der Waals surface area contributed by atoms with E-state index in [1.807, 2.05) is 23.6 Å². The van der Waals surface area contributed by atoms with Crippen molar-refractivity contribution in [1.82, 2.24) is 19.7 Å². The summed E-state index contributed by atoms with van der Waals surface area (Å²) in [4.78, 5) is 4.14. The van der Waals surface area contributed by atoms with Crippen LogP contribution in [0.4, 0.5) is 0 Å². The van der Waals surface area contributed by atoms with Crippen molar-refractivity contribution < 1.29 is 4.65 Å². The first-order chi connectivity index (χ1) is 6.86. The zero-order chi connectivity index (χ0) is 9.54. The lowest BCUT2D eigenvalue weighted by molar-refractivity contribution is 0.559. The summed E-state index contributed by atoms with van der Waals surface area (Å²) in [6, 6.07) is 3.82. The number of aryl methyl sites for hydroxylation is 1. The molecule has 2 aromatic heterocycles. The SMILES string of the molecule is Cc1nnc2n1-c1cccnc1OB2. The van der Waals surface area contributed by atoms with Gasteiger partial charge in [0.05, 0.1) is 0 Å². The molecule has 3 heterocycles. The zero-order valence-electron chi connectivity index (χ0n) is 7.64. The van der Waals surface area contributed by atoms with E-state index in [9.17, 15) is 0 Å². The molecule has 6 heteroatoms. The van der Waals surface area contributed by atoms with Gasteiger partial charge in [-0.1, -0.05) is 0 Å². The molecule has 5 nitrogen and oxygen atoms in total. The Morgan fingerprint density at radius 2 is 2.36 bits per heavy atom. The Morgan fingerprint density at radius 3 is 3.29 bits per heavy atom. The van der Waals surface area contributed by atoms with Gasteiger partial charge in [0.15, 0.2) is 0 Å². The van der Waals surface area contributed by atoms with Gasteiger partial charge in [-0.15, -0.1) is 10.2 Å². The van der Waals surface area contributed by atoms with Crippen LogP contribution >= 0.6 is 0 Å². The molecule has 1 aliphatic rings. The minimum Gasteiger partial charge on any atom is -0.541 e. The van der Waals surface area contributed by atoms with Gasteiger partial charge >= 0.3 is 7.48 Å². The lowest BCUT2D eigenvalue weighted by Gasteiger charge is -2.17. The predicted octanol–water partition coefficient (Wildman–Crippen LogP) is -0.660. The molecule has 1 aliphatic heterocycles. The lowest BCUT2D eigenvalue weighted by atomic mass is 9.98. The van der Waals surface area contributed by atoms with Crippen LogP contribution in [0.25, 0.3) is 5.69 Å². The molecule has 0 radical (unpaired) electrons. The van der Waals surface area contributed by atoms with E-state index in [4.69, 9.17) is 4.65 Å². The molecule has 0 fully saturated rings. The second-order valence-corrected chi connectivity index (χ2v) is 3.12. The van der Waals surface area contributed by atoms with Gasteiger partial charge in [0.1, 0.15) is 17.2 Å². The number of nitrogens with zero attached hydrogens (tertiary/aromatic N) is 4. The third-order valence-electron chi connectivity index (χ3n) is 2.22. The van der Waals surface area contributed by atoms with Crippen LogP contribution in [-0.4, -0.2) is 27.2 Å². The average Bonchev–Trinajstić information content (AvgIpc) is 2.61. The van der Waals surface area contributed by atoms with Crippen molar-refractivity contribution in [3.8, 4) is 11.6 Å². The first kappa shape index (κ1) is 7.55. The second-order valence-electron chi connectivity index (χ2n) is 3.12. The molecule has 0 aliphatic carbocycles. The van der Waals surface area contributed by atoms with E-state index in [1.165, 1.54) is 0 Å². The van der Waals surface area contributed by atoms with Crippen LogP contribution in [-0.2, 0) is 0 Å². The van der Waals surface area contributed by atoms with Gasteiger partial charge in [-0.3, -0.25) is 4.57 Å². The van der Waals surface area contributed by atoms with Crippen molar-refractivity contribution in [2.45, 2.75) is 6.92 Å². The van der Waals surface area contributed by atoms with Crippen molar-refractivity contribution in [3.63, 3.8) is 0 Å². The Hall–Kier alpha value is -1.85. The molecule has 3 rings (SSSR count). The quantitative estimate of drug-likeness (QED) is 0.512. The molecule has 14 heavy (non-hydrogen) atoms. The van der Waals surface area contributed by atoms with Crippen LogP contribution in [0.2, 0.25) is 0 Å². The van der Waals surface area contributed by atoms with E-state index in [-0.39, 0.29) is 0 Å². The van der Waals surface area contributed by atoms with Crippen LogP contribution in [0, 0.1) is 6.92 Å². The summed E-state index contributed by atoms with van der Waals surface area (Å²) in [5.74, 6) is 1.50. The summed E-state index contributed by atoms with van der Waals surface area (Å²) in [6.07, 6.45) is 1.71. The zero-order valence-corrected chi connectivity index (χ0v) is 7.64. The van der Waals surface area contributed by atoms with Crippen LogP contribution in [0.5, 0.6) is 5.88 Å². The summed E-state index contributed by atoms with van der Waals surface area (Å²) < 4.78 is 7.39. The van der Waals surface area contributed by atoms with Gasteiger partial charge in [0.25, 0.3) is 0 Å². The second kappa shape index (κ2) is 2.57. The summed E-state index contributed by atoms with van der Waals surface area (Å²) in [6.45, 7) is 1.92. The number of hydrogen-bond acceptors (Lipinski definition) is 4. The van der Waals surface area contributed by atoms with Gasteiger partial charge in [-0.2, -0.15) is 0 Å². The molecule has 0 spiro atoms. The highest BCUT2D eigenvalue weighted by atomic mass is 16.4. The third kappa shape index (κ3) is 0.877. The van der Waals surface area contributed by atoms with Crippen molar-refractivity contribution in [2.75, 3.05) is 0 Å². The summed E-state index contributed by atoms with van der Waals surface area (Å²) >= 11 is 0. The molecular formula is C8H7BN4O. The predicted molar refractivity (Wildman–Crippen MR) is 51.3 cm³/mol. The Kier molecular flexibility index (Phi) is 1.39. The largest absolute Gasteiger partial charge is 0.541 e. The fourth-order valence-corrected chi connectivity index (χ4v) is 1.61. The Morgan fingerprint density at radius 1 is 1.43 bits per heavy atom. The van der Waals surface area contributed by atoms with Crippen LogP contribution < -0.4 is 10.4 Å². The standard InChI is InChI=1S/C8H7BN4O/c1-5-11-12-8-9-14-7-6(13(5)8)3-2-4-10-7/h2-4,9H,1H3. The first-order valence-corrected chi connectivity index (χ1v) is 4.35. The summed E-state index contributed by atoms with van der Waals surface area (Å²) in [7, 11) is 0.435. The highest BCUT2D eigenvalue weighted by Gasteiger charge is 2.22. The lowest BCUT2D eigenvalue weighted by Crippen LogP contribution is -2.35. The van der Waals surface area contributed by atoms with Crippen molar-refractivity contribution >= 4 is 13.2 Å². The molecule has 68 valence electrons. The number of pyridine rings is 1. The minimum absolute atomic E-state index is 0.435. The highest BCUT2D eigenvalue weighted by molar-refractivity contribution is 6.46. The van der Waals surface area contributed by atoms with E-state index >= 15 is 0 Å². The molecule has 0 aromatic carbocycles. The first-order valence-electron chi connectivity index (χ1n) is 4.35. The highest BCUT2D eigenvalue weighted by Crippen LogP contribution is 2.21. The van der Waals surface area contributed by atoms with E-state index in [1.54, 1.807) is 6.20 Å². The molecule has 0 amide bonds. The van der Waals surface area contributed by atoms with Gasteiger partial charge in [-0.25, -0.2) is 4.98 Å². The van der Waals surface area contributed by atoms with Crippen molar-refractivity contribution in [3.05, 3.63) is 24.2 Å². The monoisotopic (exact) mass is 186 g/mol. The molecule has 0 atom stereocenters. The molecule has 2 aromatic rings. The Bertz CT molecular complexity index is 496. The molecule has 0 saturated carbocycles. The molecule has 0 unspecified atom stereocenters. The minimum atomic E-state index is 0.435. The van der Waals surface area contributed by atoms with Crippen LogP contribution in [0.15, 0.2) is 18.3 Å². The van der Waals surface area contributed by atoms with Crippen molar-refractivity contribution in [1.29, 1.82) is 0 Å². The number of hydrogen-bond donors (Lipinski definition) is 0. The number of fused-ring (bicyclic) bond motifs is 3. The van der Waals surface area contributed by atoms with E-state index < -0.39 is 0 Å². The average molecular weight is 186 g/mol. The smallest absolute Gasteiger partial charge is 0.416 e. The maximum absolute atomic E-state index is 5.43. The van der Waals surface area contributed by atoms with Gasteiger partial charge in [0.2, 0.25) is 5.88 Å². The van der Waals surface area contributed by atoms with Gasteiger partial charge in [-0.05, 0) is 19.1 Å². The third-order valence-corrected chi connectivity index (χ3v) is 2.22.